The number of ether oxygens (including phenoxy) is 1. The molecule has 0 heterocycles. The number of nitrogens with two attached hydrogens (primary N) is 1. The maximum atomic E-state index is 12.6. The highest BCUT2D eigenvalue weighted by Crippen LogP contribution is 2.30. The minimum absolute atomic E-state index is 0.152. The van der Waals surface area contributed by atoms with Gasteiger partial charge in [0.05, 0.1) is 12.5 Å². The number of nitrogens with zero attached hydrogens (tertiary/aromatic N) is 1. The standard InChI is InChI=1S/C15H22N2O2/c1-11(12-4-3-5-13(16)10-12)15(18)17(8-9-19-2)14-6-7-14/h3-5,10-11,14H,6-9,16H2,1-2H3. The van der Waals surface area contributed by atoms with E-state index in [0.717, 1.165) is 18.4 Å². The summed E-state index contributed by atoms with van der Waals surface area (Å²) in [6, 6.07) is 7.98. The van der Waals surface area contributed by atoms with E-state index in [-0.39, 0.29) is 11.8 Å². The molecule has 1 aliphatic rings. The smallest absolute Gasteiger partial charge is 0.230 e. The van der Waals surface area contributed by atoms with Crippen LogP contribution in [0.25, 0.3) is 0 Å². The van der Waals surface area contributed by atoms with E-state index in [2.05, 4.69) is 0 Å². The minimum Gasteiger partial charge on any atom is -0.399 e. The maximum absolute atomic E-state index is 12.6. The molecule has 4 heteroatoms. The van der Waals surface area contributed by atoms with Crippen LogP contribution in [0.3, 0.4) is 0 Å². The Hall–Kier alpha value is -1.55. The van der Waals surface area contributed by atoms with Crippen LogP contribution in [0.1, 0.15) is 31.2 Å². The van der Waals surface area contributed by atoms with E-state index < -0.39 is 0 Å². The molecule has 1 aliphatic carbocycles. The Balaban J connectivity index is 2.07. The van der Waals surface area contributed by atoms with Crippen LogP contribution in [0.4, 0.5) is 5.69 Å². The summed E-state index contributed by atoms with van der Waals surface area (Å²) in [5.41, 5.74) is 7.46. The molecule has 1 saturated carbocycles. The summed E-state index contributed by atoms with van der Waals surface area (Å²) in [6.45, 7) is 3.21. The SMILES string of the molecule is COCCN(C(=O)C(C)c1cccc(N)c1)C1CC1. The van der Waals surface area contributed by atoms with Crippen molar-refractivity contribution in [2.45, 2.75) is 31.7 Å². The molecule has 0 radical (unpaired) electrons. The molecule has 1 aromatic carbocycles. The molecule has 1 atom stereocenters. The second kappa shape index (κ2) is 6.06. The largest absolute Gasteiger partial charge is 0.399 e. The zero-order valence-corrected chi connectivity index (χ0v) is 11.6. The van der Waals surface area contributed by atoms with E-state index in [4.69, 9.17) is 10.5 Å². The number of anilines is 1. The lowest BCUT2D eigenvalue weighted by Crippen LogP contribution is -2.38. The van der Waals surface area contributed by atoms with Crippen molar-refractivity contribution in [1.82, 2.24) is 4.90 Å². The Labute approximate surface area is 114 Å². The maximum Gasteiger partial charge on any atom is 0.230 e. The lowest BCUT2D eigenvalue weighted by Gasteiger charge is -2.25. The summed E-state index contributed by atoms with van der Waals surface area (Å²) >= 11 is 0. The van der Waals surface area contributed by atoms with Crippen LogP contribution in [-0.4, -0.2) is 37.1 Å². The van der Waals surface area contributed by atoms with Crippen molar-refractivity contribution in [1.29, 1.82) is 0 Å². The predicted molar refractivity (Wildman–Crippen MR) is 75.9 cm³/mol. The average Bonchev–Trinajstić information content (AvgIpc) is 3.22. The van der Waals surface area contributed by atoms with Crippen LogP contribution in [0.2, 0.25) is 0 Å². The fraction of sp³-hybridized carbons (Fsp3) is 0.533. The van der Waals surface area contributed by atoms with Crippen LogP contribution in [-0.2, 0) is 9.53 Å². The summed E-state index contributed by atoms with van der Waals surface area (Å²) in [4.78, 5) is 14.5. The Morgan fingerprint density at radius 2 is 2.26 bits per heavy atom. The second-order valence-corrected chi connectivity index (χ2v) is 5.15. The molecule has 1 unspecified atom stereocenters. The molecule has 0 saturated heterocycles. The highest BCUT2D eigenvalue weighted by Gasteiger charge is 2.34. The molecular formula is C15H22N2O2. The number of benzene rings is 1. The van der Waals surface area contributed by atoms with Crippen molar-refractivity contribution in [3.63, 3.8) is 0 Å². The van der Waals surface area contributed by atoms with Crippen molar-refractivity contribution < 1.29 is 9.53 Å². The Bertz CT molecular complexity index is 444. The van der Waals surface area contributed by atoms with Gasteiger partial charge in [-0.05, 0) is 37.5 Å². The number of methoxy groups -OCH3 is 1. The molecule has 2 N–H and O–H groups in total. The van der Waals surface area contributed by atoms with E-state index in [9.17, 15) is 4.79 Å². The number of carbonyl (C=O) groups excluding carboxylic acids is 1. The van der Waals surface area contributed by atoms with Gasteiger partial charge in [-0.15, -0.1) is 0 Å². The molecule has 0 aromatic heterocycles. The van der Waals surface area contributed by atoms with Crippen LogP contribution in [0, 0.1) is 0 Å². The normalized spacial score (nSPS) is 16.1. The van der Waals surface area contributed by atoms with Crippen molar-refractivity contribution in [2.24, 2.45) is 0 Å². The van der Waals surface area contributed by atoms with E-state index in [1.165, 1.54) is 0 Å². The Morgan fingerprint density at radius 3 is 2.84 bits per heavy atom. The van der Waals surface area contributed by atoms with Crippen LogP contribution in [0.15, 0.2) is 24.3 Å². The third kappa shape index (κ3) is 3.47. The molecule has 19 heavy (non-hydrogen) atoms. The van der Waals surface area contributed by atoms with Gasteiger partial charge in [-0.3, -0.25) is 4.79 Å². The molecule has 0 bridgehead atoms. The summed E-state index contributed by atoms with van der Waals surface area (Å²) in [7, 11) is 1.66. The first-order valence-corrected chi connectivity index (χ1v) is 6.78. The van der Waals surface area contributed by atoms with Gasteiger partial charge in [0.25, 0.3) is 0 Å². The topological polar surface area (TPSA) is 55.6 Å². The zero-order chi connectivity index (χ0) is 13.8. The summed E-state index contributed by atoms with van der Waals surface area (Å²) in [6.07, 6.45) is 2.22. The molecule has 4 nitrogen and oxygen atoms in total. The zero-order valence-electron chi connectivity index (χ0n) is 11.6. The number of nitrogen functional groups attached to an aromatic ring is 1. The molecule has 1 amide bonds. The van der Waals surface area contributed by atoms with Gasteiger partial charge < -0.3 is 15.4 Å². The van der Waals surface area contributed by atoms with Gasteiger partial charge in [0.2, 0.25) is 5.91 Å². The van der Waals surface area contributed by atoms with Gasteiger partial charge in [0, 0.05) is 25.4 Å². The molecule has 1 fully saturated rings. The molecule has 104 valence electrons. The van der Waals surface area contributed by atoms with Crippen LogP contribution >= 0.6 is 0 Å². The van der Waals surface area contributed by atoms with Crippen LogP contribution < -0.4 is 5.73 Å². The monoisotopic (exact) mass is 262 g/mol. The van der Waals surface area contributed by atoms with E-state index >= 15 is 0 Å². The third-order valence-corrected chi connectivity index (χ3v) is 3.59. The number of hydrogen-bond donors (Lipinski definition) is 1. The summed E-state index contributed by atoms with van der Waals surface area (Å²) in [5.74, 6) is 0.0195. The molecular weight excluding hydrogens is 240 g/mol. The lowest BCUT2D eigenvalue weighted by molar-refractivity contribution is -0.133. The summed E-state index contributed by atoms with van der Waals surface area (Å²) < 4.78 is 5.09. The number of amides is 1. The Morgan fingerprint density at radius 1 is 1.53 bits per heavy atom. The molecule has 0 aliphatic heterocycles. The van der Waals surface area contributed by atoms with Crippen molar-refractivity contribution in [3.8, 4) is 0 Å². The third-order valence-electron chi connectivity index (χ3n) is 3.59. The lowest BCUT2D eigenvalue weighted by atomic mass is 9.99. The first-order valence-electron chi connectivity index (χ1n) is 6.78. The van der Waals surface area contributed by atoms with Gasteiger partial charge in [0.15, 0.2) is 0 Å². The number of hydrogen-bond acceptors (Lipinski definition) is 3. The number of rotatable bonds is 6. The van der Waals surface area contributed by atoms with Gasteiger partial charge >= 0.3 is 0 Å². The fourth-order valence-corrected chi connectivity index (χ4v) is 2.27. The fourth-order valence-electron chi connectivity index (χ4n) is 2.27. The summed E-state index contributed by atoms with van der Waals surface area (Å²) in [5, 5.41) is 0. The molecule has 2 rings (SSSR count). The van der Waals surface area contributed by atoms with Gasteiger partial charge in [0.1, 0.15) is 0 Å². The van der Waals surface area contributed by atoms with Crippen molar-refractivity contribution >= 4 is 11.6 Å². The second-order valence-electron chi connectivity index (χ2n) is 5.15. The number of carbonyl (C=O) groups is 1. The van der Waals surface area contributed by atoms with Crippen LogP contribution in [0.5, 0.6) is 0 Å². The minimum atomic E-state index is -0.152. The predicted octanol–water partition coefficient (Wildman–Crippen LogP) is 2.01. The molecule has 1 aromatic rings. The van der Waals surface area contributed by atoms with Gasteiger partial charge in [-0.2, -0.15) is 0 Å². The van der Waals surface area contributed by atoms with Crippen molar-refractivity contribution in [3.05, 3.63) is 29.8 Å². The highest BCUT2D eigenvalue weighted by molar-refractivity contribution is 5.84. The van der Waals surface area contributed by atoms with E-state index in [0.29, 0.717) is 24.9 Å². The average molecular weight is 262 g/mol. The van der Waals surface area contributed by atoms with Gasteiger partial charge in [-0.1, -0.05) is 12.1 Å². The Kier molecular flexibility index (Phi) is 4.43. The quantitative estimate of drug-likeness (QED) is 0.798. The highest BCUT2D eigenvalue weighted by atomic mass is 16.5. The molecule has 0 spiro atoms. The first kappa shape index (κ1) is 13.9. The van der Waals surface area contributed by atoms with Crippen molar-refractivity contribution in [2.75, 3.05) is 26.0 Å². The first-order chi connectivity index (χ1) is 9.13. The van der Waals surface area contributed by atoms with E-state index in [1.54, 1.807) is 7.11 Å². The van der Waals surface area contributed by atoms with Gasteiger partial charge in [-0.25, -0.2) is 0 Å². The van der Waals surface area contributed by atoms with E-state index in [1.807, 2.05) is 36.1 Å².